The van der Waals surface area contributed by atoms with Crippen LogP contribution < -0.4 is 5.73 Å². The molecule has 0 aliphatic rings. The zero-order valence-electron chi connectivity index (χ0n) is 7.05. The van der Waals surface area contributed by atoms with Gasteiger partial charge in [0.05, 0.1) is 0 Å². The van der Waals surface area contributed by atoms with Crippen LogP contribution in [0.15, 0.2) is 18.2 Å². The molecule has 1 aromatic rings. The van der Waals surface area contributed by atoms with Gasteiger partial charge in [-0.2, -0.15) is 12.6 Å². The summed E-state index contributed by atoms with van der Waals surface area (Å²) < 4.78 is 12.8. The maximum absolute atomic E-state index is 12.8. The molecule has 1 aromatic carbocycles. The molecule has 0 heterocycles. The Morgan fingerprint density at radius 2 is 2.15 bits per heavy atom. The average molecular weight is 195 g/mol. The second-order valence-electron chi connectivity index (χ2n) is 2.55. The molecule has 0 amide bonds. The summed E-state index contributed by atoms with van der Waals surface area (Å²) in [6.07, 6.45) is 0.694. The highest BCUT2D eigenvalue weighted by atomic mass is 32.1. The molecule has 0 radical (unpaired) electrons. The quantitative estimate of drug-likeness (QED) is 0.400. The van der Waals surface area contributed by atoms with Gasteiger partial charge in [-0.3, -0.25) is 0 Å². The first-order valence-corrected chi connectivity index (χ1v) is 4.51. The lowest BCUT2D eigenvalue weighted by atomic mass is 10.2. The molecule has 0 saturated heterocycles. The normalized spacial score (nSPS) is 9.08. The molecular weight excluding hydrogens is 185 g/mol. The van der Waals surface area contributed by atoms with Crippen molar-refractivity contribution in [1.82, 2.24) is 0 Å². The van der Waals surface area contributed by atoms with Crippen LogP contribution in [0.4, 0.5) is 10.1 Å². The van der Waals surface area contributed by atoms with Gasteiger partial charge in [-0.05, 0) is 18.2 Å². The molecule has 0 aliphatic carbocycles. The van der Waals surface area contributed by atoms with E-state index in [1.165, 1.54) is 12.1 Å². The monoisotopic (exact) mass is 195 g/mol. The van der Waals surface area contributed by atoms with Crippen molar-refractivity contribution in [1.29, 1.82) is 0 Å². The largest absolute Gasteiger partial charge is 0.399 e. The van der Waals surface area contributed by atoms with Gasteiger partial charge in [-0.25, -0.2) is 4.39 Å². The van der Waals surface area contributed by atoms with Gasteiger partial charge in [0, 0.05) is 23.4 Å². The van der Waals surface area contributed by atoms with Gasteiger partial charge in [0.1, 0.15) is 5.82 Å². The van der Waals surface area contributed by atoms with E-state index in [1.54, 1.807) is 6.07 Å². The number of benzene rings is 1. The summed E-state index contributed by atoms with van der Waals surface area (Å²) in [5.41, 5.74) is 6.45. The van der Waals surface area contributed by atoms with Crippen LogP contribution in [0.5, 0.6) is 0 Å². The van der Waals surface area contributed by atoms with Crippen molar-refractivity contribution in [3.05, 3.63) is 29.6 Å². The van der Waals surface area contributed by atoms with Gasteiger partial charge in [0.2, 0.25) is 0 Å². The third kappa shape index (κ3) is 3.39. The number of nitrogens with two attached hydrogens (primary N) is 1. The lowest BCUT2D eigenvalue weighted by molar-refractivity contribution is 0.628. The summed E-state index contributed by atoms with van der Waals surface area (Å²) in [7, 11) is 0. The van der Waals surface area contributed by atoms with Crippen LogP contribution in [0.1, 0.15) is 12.0 Å². The molecule has 0 atom stereocenters. The Balaban J connectivity index is 2.85. The maximum atomic E-state index is 12.8. The Bertz CT molecular complexity index is 331. The molecule has 13 heavy (non-hydrogen) atoms. The van der Waals surface area contributed by atoms with E-state index < -0.39 is 0 Å². The fourth-order valence-electron chi connectivity index (χ4n) is 0.905. The van der Waals surface area contributed by atoms with E-state index in [4.69, 9.17) is 5.73 Å². The summed E-state index contributed by atoms with van der Waals surface area (Å²) in [5.74, 6) is 6.02. The molecule has 0 aromatic heterocycles. The van der Waals surface area contributed by atoms with Crippen molar-refractivity contribution in [3.8, 4) is 11.8 Å². The Kier molecular flexibility index (Phi) is 3.66. The predicted molar refractivity (Wildman–Crippen MR) is 56.2 cm³/mol. The Hall–Kier alpha value is -1.14. The second-order valence-corrected chi connectivity index (χ2v) is 3.00. The van der Waals surface area contributed by atoms with Gasteiger partial charge < -0.3 is 5.73 Å². The minimum atomic E-state index is -0.352. The van der Waals surface area contributed by atoms with Gasteiger partial charge >= 0.3 is 0 Å². The highest BCUT2D eigenvalue weighted by molar-refractivity contribution is 7.80. The van der Waals surface area contributed by atoms with Crippen LogP contribution in [-0.2, 0) is 0 Å². The number of anilines is 1. The number of thiol groups is 1. The fraction of sp³-hybridized carbons (Fsp3) is 0.200. The van der Waals surface area contributed by atoms with Crippen molar-refractivity contribution in [2.24, 2.45) is 0 Å². The average Bonchev–Trinajstić information content (AvgIpc) is 2.03. The van der Waals surface area contributed by atoms with E-state index in [1.807, 2.05) is 0 Å². The van der Waals surface area contributed by atoms with E-state index in [-0.39, 0.29) is 5.82 Å². The Morgan fingerprint density at radius 3 is 2.77 bits per heavy atom. The van der Waals surface area contributed by atoms with Gasteiger partial charge in [0.25, 0.3) is 0 Å². The fourth-order valence-corrected chi connectivity index (χ4v) is 1.02. The van der Waals surface area contributed by atoms with E-state index in [0.717, 1.165) is 0 Å². The Labute approximate surface area is 82.6 Å². The standard InChI is InChI=1S/C10H10FNS/c11-9-5-8(3-1-2-4-13)6-10(12)7-9/h5-7,13H,2,4,12H2. The summed E-state index contributed by atoms with van der Waals surface area (Å²) in [6.45, 7) is 0. The molecule has 1 nitrogen and oxygen atoms in total. The van der Waals surface area contributed by atoms with Crippen LogP contribution in [0.2, 0.25) is 0 Å². The van der Waals surface area contributed by atoms with Crippen molar-refractivity contribution < 1.29 is 4.39 Å². The van der Waals surface area contributed by atoms with Crippen molar-refractivity contribution in [2.75, 3.05) is 11.5 Å². The Morgan fingerprint density at radius 1 is 1.38 bits per heavy atom. The summed E-state index contributed by atoms with van der Waals surface area (Å²) in [4.78, 5) is 0. The molecule has 0 spiro atoms. The van der Waals surface area contributed by atoms with E-state index in [2.05, 4.69) is 24.5 Å². The lowest BCUT2D eigenvalue weighted by Gasteiger charge is -1.94. The smallest absolute Gasteiger partial charge is 0.126 e. The van der Waals surface area contributed by atoms with E-state index >= 15 is 0 Å². The topological polar surface area (TPSA) is 26.0 Å². The van der Waals surface area contributed by atoms with Crippen LogP contribution in [-0.4, -0.2) is 5.75 Å². The zero-order valence-corrected chi connectivity index (χ0v) is 7.94. The van der Waals surface area contributed by atoms with Gasteiger partial charge in [-0.15, -0.1) is 0 Å². The number of rotatable bonds is 1. The number of nitrogen functional groups attached to an aromatic ring is 1. The zero-order chi connectivity index (χ0) is 9.68. The van der Waals surface area contributed by atoms with Crippen LogP contribution in [0.25, 0.3) is 0 Å². The molecule has 68 valence electrons. The van der Waals surface area contributed by atoms with Gasteiger partial charge in [-0.1, -0.05) is 11.8 Å². The third-order valence-electron chi connectivity index (χ3n) is 1.39. The van der Waals surface area contributed by atoms with Crippen molar-refractivity contribution in [3.63, 3.8) is 0 Å². The van der Waals surface area contributed by atoms with Crippen molar-refractivity contribution in [2.45, 2.75) is 6.42 Å². The molecule has 0 aliphatic heterocycles. The molecule has 2 N–H and O–H groups in total. The first-order chi connectivity index (χ1) is 6.22. The molecule has 3 heteroatoms. The first kappa shape index (κ1) is 9.94. The van der Waals surface area contributed by atoms with Crippen LogP contribution >= 0.6 is 12.6 Å². The molecule has 0 bridgehead atoms. The summed E-state index contributed by atoms with van der Waals surface area (Å²) in [6, 6.07) is 4.28. The molecule has 0 fully saturated rings. The van der Waals surface area contributed by atoms with Crippen LogP contribution in [0, 0.1) is 17.7 Å². The molecule has 1 rings (SSSR count). The van der Waals surface area contributed by atoms with E-state index in [9.17, 15) is 4.39 Å². The predicted octanol–water partition coefficient (Wildman–Crippen LogP) is 2.08. The van der Waals surface area contributed by atoms with Gasteiger partial charge in [0.15, 0.2) is 0 Å². The molecule has 0 saturated carbocycles. The summed E-state index contributed by atoms with van der Waals surface area (Å²) in [5, 5.41) is 0. The lowest BCUT2D eigenvalue weighted by Crippen LogP contribution is -1.88. The van der Waals surface area contributed by atoms with Crippen molar-refractivity contribution >= 4 is 18.3 Å². The second kappa shape index (κ2) is 4.78. The number of hydrogen-bond acceptors (Lipinski definition) is 2. The SMILES string of the molecule is Nc1cc(F)cc(C#CCCS)c1. The first-order valence-electron chi connectivity index (χ1n) is 3.88. The summed E-state index contributed by atoms with van der Waals surface area (Å²) >= 11 is 4.01. The minimum absolute atomic E-state index is 0.352. The number of hydrogen-bond donors (Lipinski definition) is 2. The molecule has 0 unspecified atom stereocenters. The highest BCUT2D eigenvalue weighted by Crippen LogP contribution is 2.09. The van der Waals surface area contributed by atoms with E-state index in [0.29, 0.717) is 23.4 Å². The third-order valence-corrected chi connectivity index (χ3v) is 1.61. The maximum Gasteiger partial charge on any atom is 0.126 e. The van der Waals surface area contributed by atoms with Crippen LogP contribution in [0.3, 0.4) is 0 Å². The molecular formula is C10H10FNS. The highest BCUT2D eigenvalue weighted by Gasteiger charge is 1.94. The number of halogens is 1. The minimum Gasteiger partial charge on any atom is -0.399 e.